The van der Waals surface area contributed by atoms with E-state index in [9.17, 15) is 9.90 Å². The number of hydrogen-bond acceptors (Lipinski definition) is 3. The second-order valence-electron chi connectivity index (χ2n) is 3.51. The summed E-state index contributed by atoms with van der Waals surface area (Å²) < 4.78 is 0.0212. The van der Waals surface area contributed by atoms with Crippen LogP contribution in [0.4, 0.5) is 0 Å². The number of aromatic amines is 1. The van der Waals surface area contributed by atoms with Gasteiger partial charge in [0, 0.05) is 10.6 Å². The van der Waals surface area contributed by atoms with Crippen LogP contribution >= 0.6 is 27.5 Å². The zero-order valence-corrected chi connectivity index (χ0v) is 11.1. The lowest BCUT2D eigenvalue weighted by Crippen LogP contribution is -2.10. The lowest BCUT2D eigenvalue weighted by molar-refractivity contribution is 0.448. The Morgan fingerprint density at radius 1 is 1.47 bits per heavy atom. The monoisotopic (exact) mass is 314 g/mol. The second kappa shape index (κ2) is 4.50. The Morgan fingerprint density at radius 2 is 2.18 bits per heavy atom. The third-order valence-electron chi connectivity index (χ3n) is 2.29. The van der Waals surface area contributed by atoms with E-state index in [4.69, 9.17) is 11.6 Å². The highest BCUT2D eigenvalue weighted by molar-refractivity contribution is 9.10. The van der Waals surface area contributed by atoms with Gasteiger partial charge < -0.3 is 10.1 Å². The van der Waals surface area contributed by atoms with Gasteiger partial charge in [-0.25, -0.2) is 0 Å². The summed E-state index contributed by atoms with van der Waals surface area (Å²) in [4.78, 5) is 18.0. The summed E-state index contributed by atoms with van der Waals surface area (Å²) in [5, 5.41) is 10.1. The van der Waals surface area contributed by atoms with Crippen molar-refractivity contribution in [3.05, 3.63) is 43.6 Å². The predicted molar refractivity (Wildman–Crippen MR) is 69.4 cm³/mol. The summed E-state index contributed by atoms with van der Waals surface area (Å²) in [5.74, 6) is -0.0250. The van der Waals surface area contributed by atoms with Crippen molar-refractivity contribution in [3.63, 3.8) is 0 Å². The molecule has 17 heavy (non-hydrogen) atoms. The van der Waals surface area contributed by atoms with Gasteiger partial charge in [-0.15, -0.1) is 0 Å². The first kappa shape index (κ1) is 12.1. The van der Waals surface area contributed by atoms with Gasteiger partial charge >= 0.3 is 0 Å². The van der Waals surface area contributed by atoms with Crippen molar-refractivity contribution in [3.8, 4) is 17.3 Å². The Labute approximate surface area is 110 Å². The van der Waals surface area contributed by atoms with E-state index in [-0.39, 0.29) is 10.4 Å². The number of nitrogens with zero attached hydrogens (tertiary/aromatic N) is 1. The molecule has 0 aliphatic rings. The molecule has 0 bridgehead atoms. The van der Waals surface area contributed by atoms with E-state index in [2.05, 4.69) is 25.9 Å². The largest absolute Gasteiger partial charge is 0.492 e. The van der Waals surface area contributed by atoms with Crippen molar-refractivity contribution in [1.29, 1.82) is 0 Å². The molecular formula is C11H8BrClN2O2. The Bertz CT molecular complexity index is 640. The summed E-state index contributed by atoms with van der Waals surface area (Å²) in [6, 6.07) is 5.20. The highest BCUT2D eigenvalue weighted by Gasteiger charge is 2.10. The van der Waals surface area contributed by atoms with Gasteiger partial charge in [0.05, 0.1) is 0 Å². The molecule has 2 N–H and O–H groups in total. The van der Waals surface area contributed by atoms with Crippen LogP contribution in [0.25, 0.3) is 11.4 Å². The van der Waals surface area contributed by atoms with Crippen LogP contribution in [0.15, 0.2) is 27.5 Å². The zero-order valence-electron chi connectivity index (χ0n) is 8.79. The highest BCUT2D eigenvalue weighted by atomic mass is 79.9. The van der Waals surface area contributed by atoms with Crippen molar-refractivity contribution in [2.24, 2.45) is 0 Å². The summed E-state index contributed by atoms with van der Waals surface area (Å²) >= 11 is 8.78. The van der Waals surface area contributed by atoms with Crippen molar-refractivity contribution in [2.75, 3.05) is 0 Å². The molecule has 4 nitrogen and oxygen atoms in total. The summed E-state index contributed by atoms with van der Waals surface area (Å²) in [6.07, 6.45) is 0. The average molecular weight is 316 g/mol. The molecule has 1 aromatic heterocycles. The minimum absolute atomic E-state index is 0.0212. The number of halogens is 2. The first-order valence-corrected chi connectivity index (χ1v) is 5.91. The number of aryl methyl sites for hydroxylation is 1. The fraction of sp³-hybridized carbons (Fsp3) is 0.0909. The van der Waals surface area contributed by atoms with Crippen molar-refractivity contribution in [2.45, 2.75) is 6.92 Å². The highest BCUT2D eigenvalue weighted by Crippen LogP contribution is 2.25. The minimum Gasteiger partial charge on any atom is -0.492 e. The van der Waals surface area contributed by atoms with Crippen LogP contribution in [0.2, 0.25) is 5.02 Å². The van der Waals surface area contributed by atoms with Crippen LogP contribution in [-0.4, -0.2) is 15.1 Å². The van der Waals surface area contributed by atoms with Crippen LogP contribution in [0.5, 0.6) is 5.88 Å². The Hall–Kier alpha value is -1.33. The van der Waals surface area contributed by atoms with E-state index in [0.717, 1.165) is 5.56 Å². The topological polar surface area (TPSA) is 66.0 Å². The molecule has 0 atom stereocenters. The number of H-pyrrole nitrogens is 1. The molecule has 0 spiro atoms. The molecule has 2 rings (SSSR count). The van der Waals surface area contributed by atoms with Gasteiger partial charge in [0.1, 0.15) is 10.3 Å². The number of benzene rings is 1. The molecule has 0 saturated heterocycles. The maximum absolute atomic E-state index is 11.5. The number of hydrogen-bond donors (Lipinski definition) is 2. The van der Waals surface area contributed by atoms with Crippen molar-refractivity contribution in [1.82, 2.24) is 9.97 Å². The molecule has 0 amide bonds. The van der Waals surface area contributed by atoms with E-state index < -0.39 is 5.56 Å². The lowest BCUT2D eigenvalue weighted by Gasteiger charge is -2.06. The van der Waals surface area contributed by atoms with E-state index in [1.54, 1.807) is 18.2 Å². The molecule has 1 aromatic carbocycles. The summed E-state index contributed by atoms with van der Waals surface area (Å²) in [7, 11) is 0. The van der Waals surface area contributed by atoms with Crippen molar-refractivity contribution >= 4 is 27.5 Å². The van der Waals surface area contributed by atoms with Crippen LogP contribution < -0.4 is 5.56 Å². The number of rotatable bonds is 1. The van der Waals surface area contributed by atoms with Gasteiger partial charge in [0.25, 0.3) is 5.56 Å². The molecule has 6 heteroatoms. The number of nitrogens with one attached hydrogen (secondary N) is 1. The molecular weight excluding hydrogens is 307 g/mol. The molecule has 2 aromatic rings. The second-order valence-corrected chi connectivity index (χ2v) is 4.74. The predicted octanol–water partition coefficient (Wildman–Crippen LogP) is 2.87. The van der Waals surface area contributed by atoms with Gasteiger partial charge in [-0.1, -0.05) is 11.6 Å². The normalized spacial score (nSPS) is 10.5. The molecule has 0 fully saturated rings. The van der Waals surface area contributed by atoms with Crippen molar-refractivity contribution < 1.29 is 5.11 Å². The van der Waals surface area contributed by atoms with Crippen LogP contribution in [0.3, 0.4) is 0 Å². The molecule has 0 unspecified atom stereocenters. The Balaban J connectivity index is 2.65. The van der Waals surface area contributed by atoms with Crippen LogP contribution in [0, 0.1) is 6.92 Å². The van der Waals surface area contributed by atoms with Gasteiger partial charge in [-0.3, -0.25) is 4.79 Å². The number of aromatic nitrogens is 2. The molecule has 0 aliphatic heterocycles. The fourth-order valence-electron chi connectivity index (χ4n) is 1.47. The van der Waals surface area contributed by atoms with Crippen LogP contribution in [-0.2, 0) is 0 Å². The van der Waals surface area contributed by atoms with E-state index >= 15 is 0 Å². The van der Waals surface area contributed by atoms with Gasteiger partial charge in [-0.2, -0.15) is 4.98 Å². The summed E-state index contributed by atoms with van der Waals surface area (Å²) in [5.41, 5.74) is 1.15. The molecule has 1 heterocycles. The third kappa shape index (κ3) is 2.35. The first-order chi connectivity index (χ1) is 7.99. The SMILES string of the molecule is Cc1cc(Cl)ccc1-c1nc(O)c(Br)c(=O)[nH]1. The quantitative estimate of drug-likeness (QED) is 0.850. The zero-order chi connectivity index (χ0) is 12.6. The van der Waals surface area contributed by atoms with Gasteiger partial charge in [0.2, 0.25) is 5.88 Å². The number of aromatic hydroxyl groups is 1. The Morgan fingerprint density at radius 3 is 2.76 bits per heavy atom. The maximum atomic E-state index is 11.5. The average Bonchev–Trinajstić information content (AvgIpc) is 2.25. The lowest BCUT2D eigenvalue weighted by atomic mass is 10.1. The van der Waals surface area contributed by atoms with E-state index in [1.807, 2.05) is 6.92 Å². The molecule has 0 saturated carbocycles. The first-order valence-electron chi connectivity index (χ1n) is 4.74. The molecule has 88 valence electrons. The van der Waals surface area contributed by atoms with E-state index in [0.29, 0.717) is 16.4 Å². The smallest absolute Gasteiger partial charge is 0.269 e. The van der Waals surface area contributed by atoms with E-state index in [1.165, 1.54) is 0 Å². The van der Waals surface area contributed by atoms with Gasteiger partial charge in [0.15, 0.2) is 0 Å². The maximum Gasteiger partial charge on any atom is 0.269 e. The van der Waals surface area contributed by atoms with Gasteiger partial charge in [-0.05, 0) is 46.6 Å². The third-order valence-corrected chi connectivity index (χ3v) is 3.24. The molecule has 0 radical (unpaired) electrons. The fourth-order valence-corrected chi connectivity index (χ4v) is 1.88. The summed E-state index contributed by atoms with van der Waals surface area (Å²) in [6.45, 7) is 1.85. The molecule has 0 aliphatic carbocycles. The Kier molecular flexibility index (Phi) is 3.22. The minimum atomic E-state index is -0.429. The van der Waals surface area contributed by atoms with Crippen LogP contribution in [0.1, 0.15) is 5.56 Å². The standard InChI is InChI=1S/C11H8BrClN2O2/c1-5-4-6(13)2-3-7(5)9-14-10(16)8(12)11(17)15-9/h2-4H,1H3,(H2,14,15,16,17).